The number of nitriles is 2. The molecular formula is C19H13N3OS. The quantitative estimate of drug-likeness (QED) is 0.788. The van der Waals surface area contributed by atoms with E-state index < -0.39 is 17.9 Å². The van der Waals surface area contributed by atoms with Crippen LogP contribution < -0.4 is 4.90 Å². The lowest BCUT2D eigenvalue weighted by Crippen LogP contribution is -2.40. The molecule has 2 aliphatic heterocycles. The van der Waals surface area contributed by atoms with Crippen molar-refractivity contribution >= 4 is 23.2 Å². The van der Waals surface area contributed by atoms with Crippen LogP contribution in [-0.2, 0) is 0 Å². The number of carbonyl (C=O) groups is 1. The van der Waals surface area contributed by atoms with E-state index in [0.29, 0.717) is 5.56 Å². The fraction of sp³-hybridized carbons (Fsp3) is 0.211. The second-order valence-electron chi connectivity index (χ2n) is 5.87. The van der Waals surface area contributed by atoms with E-state index in [1.165, 1.54) is 0 Å². The van der Waals surface area contributed by atoms with Crippen molar-refractivity contribution in [2.75, 3.05) is 4.90 Å². The maximum Gasteiger partial charge on any atom is 0.186 e. The van der Waals surface area contributed by atoms with E-state index in [-0.39, 0.29) is 11.2 Å². The van der Waals surface area contributed by atoms with E-state index in [1.807, 2.05) is 47.4 Å². The Hall–Kier alpha value is -2.76. The third-order valence-corrected chi connectivity index (χ3v) is 5.99. The number of Topliss-reactive ketones (excluding diaryl/α,β-unsaturated/α-hetero) is 1. The zero-order chi connectivity index (χ0) is 16.7. The number of carbonyl (C=O) groups excluding carboxylic acids is 1. The van der Waals surface area contributed by atoms with Gasteiger partial charge in [0.15, 0.2) is 5.78 Å². The van der Waals surface area contributed by atoms with Crippen molar-refractivity contribution in [3.05, 3.63) is 60.2 Å². The summed E-state index contributed by atoms with van der Waals surface area (Å²) in [5.74, 6) is -1.22. The number of fused-ring (bicyclic) bond motifs is 3. The summed E-state index contributed by atoms with van der Waals surface area (Å²) >= 11 is 1.58. The lowest BCUT2D eigenvalue weighted by molar-refractivity contribution is 0.0949. The van der Waals surface area contributed by atoms with Crippen LogP contribution in [0.1, 0.15) is 10.4 Å². The topological polar surface area (TPSA) is 67.9 Å². The maximum absolute atomic E-state index is 13.1. The smallest absolute Gasteiger partial charge is 0.186 e. The molecule has 2 aromatic carbocycles. The van der Waals surface area contributed by atoms with E-state index in [2.05, 4.69) is 12.1 Å². The van der Waals surface area contributed by atoms with Crippen molar-refractivity contribution in [2.45, 2.75) is 16.3 Å². The first-order valence-corrected chi connectivity index (χ1v) is 8.56. The second-order valence-corrected chi connectivity index (χ2v) is 7.03. The molecular weight excluding hydrogens is 318 g/mol. The molecule has 2 heterocycles. The summed E-state index contributed by atoms with van der Waals surface area (Å²) in [6.45, 7) is 0. The Morgan fingerprint density at radius 2 is 1.62 bits per heavy atom. The third-order valence-electron chi connectivity index (χ3n) is 4.62. The van der Waals surface area contributed by atoms with Gasteiger partial charge < -0.3 is 4.90 Å². The molecule has 0 spiro atoms. The molecule has 116 valence electrons. The van der Waals surface area contributed by atoms with Crippen molar-refractivity contribution in [1.82, 2.24) is 0 Å². The largest absolute Gasteiger partial charge is 0.345 e. The van der Waals surface area contributed by atoms with Crippen LogP contribution in [0.4, 0.5) is 5.69 Å². The standard InChI is InChI=1S/C19H13N3OS/c20-10-13-14(11-21)19-22(15-8-4-5-9-16(15)24-19)17(13)18(23)12-6-2-1-3-7-12/h1-9,13-14,17,19H/t13-,14+,17-,19-/m0/s1. The number of rotatable bonds is 2. The monoisotopic (exact) mass is 331 g/mol. The number of hydrogen-bond donors (Lipinski definition) is 0. The number of thioether (sulfide) groups is 1. The van der Waals surface area contributed by atoms with Gasteiger partial charge in [-0.2, -0.15) is 10.5 Å². The van der Waals surface area contributed by atoms with Gasteiger partial charge in [0.05, 0.1) is 35.0 Å². The van der Waals surface area contributed by atoms with Crippen molar-refractivity contribution in [1.29, 1.82) is 10.5 Å². The minimum atomic E-state index is -0.631. The van der Waals surface area contributed by atoms with Gasteiger partial charge in [0.1, 0.15) is 6.04 Å². The Bertz CT molecular complexity index is 883. The first kappa shape index (κ1) is 14.8. The molecule has 2 aromatic rings. The van der Waals surface area contributed by atoms with Crippen molar-refractivity contribution in [3.8, 4) is 12.1 Å². The molecule has 0 unspecified atom stereocenters. The summed E-state index contributed by atoms with van der Waals surface area (Å²) in [5.41, 5.74) is 1.52. The third kappa shape index (κ3) is 2.02. The van der Waals surface area contributed by atoms with Crippen LogP contribution in [0.5, 0.6) is 0 Å². The molecule has 4 nitrogen and oxygen atoms in total. The highest BCUT2D eigenvalue weighted by Gasteiger charge is 2.56. The van der Waals surface area contributed by atoms with Gasteiger partial charge in [-0.3, -0.25) is 4.79 Å². The summed E-state index contributed by atoms with van der Waals surface area (Å²) in [7, 11) is 0. The molecule has 24 heavy (non-hydrogen) atoms. The van der Waals surface area contributed by atoms with Crippen LogP contribution in [0.15, 0.2) is 59.5 Å². The van der Waals surface area contributed by atoms with Gasteiger partial charge in [0.2, 0.25) is 0 Å². The first-order valence-electron chi connectivity index (χ1n) is 7.69. The molecule has 0 N–H and O–H groups in total. The maximum atomic E-state index is 13.1. The summed E-state index contributed by atoms with van der Waals surface area (Å²) in [6, 6.07) is 20.7. The molecule has 0 aromatic heterocycles. The normalized spacial score (nSPS) is 27.0. The minimum absolute atomic E-state index is 0.0952. The van der Waals surface area contributed by atoms with E-state index >= 15 is 0 Å². The molecule has 0 saturated carbocycles. The summed E-state index contributed by atoms with van der Waals surface area (Å²) in [5, 5.41) is 19.1. The van der Waals surface area contributed by atoms with Crippen LogP contribution in [0.2, 0.25) is 0 Å². The summed E-state index contributed by atoms with van der Waals surface area (Å²) in [6.07, 6.45) is 0. The van der Waals surface area contributed by atoms with Gasteiger partial charge in [0.25, 0.3) is 0 Å². The van der Waals surface area contributed by atoms with Crippen molar-refractivity contribution in [3.63, 3.8) is 0 Å². The summed E-state index contributed by atoms with van der Waals surface area (Å²) in [4.78, 5) is 16.2. The molecule has 4 rings (SSSR count). The van der Waals surface area contributed by atoms with Crippen LogP contribution in [0.25, 0.3) is 0 Å². The molecule has 4 atom stereocenters. The molecule has 2 aliphatic rings. The highest BCUT2D eigenvalue weighted by Crippen LogP contribution is 2.54. The number of ketones is 1. The van der Waals surface area contributed by atoms with Crippen molar-refractivity contribution in [2.24, 2.45) is 11.8 Å². The lowest BCUT2D eigenvalue weighted by Gasteiger charge is -2.26. The van der Waals surface area contributed by atoms with E-state index in [0.717, 1.165) is 10.6 Å². The molecule has 0 radical (unpaired) electrons. The average Bonchev–Trinajstić information content (AvgIpc) is 3.15. The van der Waals surface area contributed by atoms with Gasteiger partial charge in [-0.05, 0) is 12.1 Å². The fourth-order valence-corrected chi connectivity index (χ4v) is 5.00. The van der Waals surface area contributed by atoms with Crippen molar-refractivity contribution < 1.29 is 4.79 Å². The summed E-state index contributed by atoms with van der Waals surface area (Å²) < 4.78 is 0. The van der Waals surface area contributed by atoms with Gasteiger partial charge >= 0.3 is 0 Å². The van der Waals surface area contributed by atoms with Gasteiger partial charge in [-0.1, -0.05) is 54.2 Å². The molecule has 1 saturated heterocycles. The number of anilines is 1. The van der Waals surface area contributed by atoms with E-state index in [9.17, 15) is 15.3 Å². The van der Waals surface area contributed by atoms with Crippen LogP contribution >= 0.6 is 11.8 Å². The zero-order valence-electron chi connectivity index (χ0n) is 12.7. The SMILES string of the molecule is N#C[C@@H]1[C@H](C#N)[C@@H](C(=O)c2ccccc2)N2c3ccccc3S[C@@H]12. The second kappa shape index (κ2) is 5.70. The van der Waals surface area contributed by atoms with Crippen LogP contribution in [0.3, 0.4) is 0 Å². The molecule has 0 aliphatic carbocycles. The first-order chi connectivity index (χ1) is 11.8. The minimum Gasteiger partial charge on any atom is -0.345 e. The Kier molecular flexibility index (Phi) is 3.52. The number of nitrogens with zero attached hydrogens (tertiary/aromatic N) is 3. The fourth-order valence-electron chi connectivity index (χ4n) is 3.55. The molecule has 1 fully saturated rings. The van der Waals surface area contributed by atoms with E-state index in [4.69, 9.17) is 0 Å². The highest BCUT2D eigenvalue weighted by atomic mass is 32.2. The Morgan fingerprint density at radius 1 is 0.958 bits per heavy atom. The predicted octanol–water partition coefficient (Wildman–Crippen LogP) is 3.47. The molecule has 0 amide bonds. The lowest BCUT2D eigenvalue weighted by atomic mass is 9.88. The number of para-hydroxylation sites is 1. The molecule has 5 heteroatoms. The van der Waals surface area contributed by atoms with Gasteiger partial charge in [-0.25, -0.2) is 0 Å². The Morgan fingerprint density at radius 3 is 2.33 bits per heavy atom. The highest BCUT2D eigenvalue weighted by molar-refractivity contribution is 8.00. The average molecular weight is 331 g/mol. The van der Waals surface area contributed by atoms with Gasteiger partial charge in [0, 0.05) is 10.5 Å². The van der Waals surface area contributed by atoms with E-state index in [1.54, 1.807) is 23.9 Å². The zero-order valence-corrected chi connectivity index (χ0v) is 13.5. The Balaban J connectivity index is 1.83. The number of benzene rings is 2. The van der Waals surface area contributed by atoms with Gasteiger partial charge in [-0.15, -0.1) is 0 Å². The molecule has 0 bridgehead atoms. The van der Waals surface area contributed by atoms with Crippen LogP contribution in [-0.4, -0.2) is 17.2 Å². The Labute approximate surface area is 144 Å². The van der Waals surface area contributed by atoms with Crippen LogP contribution in [0, 0.1) is 34.5 Å². The number of hydrogen-bond acceptors (Lipinski definition) is 5. The predicted molar refractivity (Wildman–Crippen MR) is 91.3 cm³/mol.